The maximum Gasteiger partial charge on any atom is 0.268 e. The van der Waals surface area contributed by atoms with Crippen molar-refractivity contribution in [3.8, 4) is 6.07 Å². The van der Waals surface area contributed by atoms with Crippen LogP contribution in [0.15, 0.2) is 54.6 Å². The van der Waals surface area contributed by atoms with Gasteiger partial charge in [0.15, 0.2) is 0 Å². The highest BCUT2D eigenvalue weighted by Crippen LogP contribution is 2.34. The Hall–Kier alpha value is -4.12. The molecule has 2 aliphatic heterocycles. The second-order valence-electron chi connectivity index (χ2n) is 10.7. The van der Waals surface area contributed by atoms with E-state index in [1.807, 2.05) is 54.8 Å². The molecule has 36 heavy (non-hydrogen) atoms. The summed E-state index contributed by atoms with van der Waals surface area (Å²) >= 11 is 0. The largest absolute Gasteiger partial charge is 0.351 e. The van der Waals surface area contributed by atoms with E-state index in [1.165, 1.54) is 0 Å². The van der Waals surface area contributed by atoms with Gasteiger partial charge in [0.05, 0.1) is 23.7 Å². The number of hydrogen-bond acceptors (Lipinski definition) is 4. The highest BCUT2D eigenvalue weighted by atomic mass is 16.2. The number of aromatic amines is 1. The van der Waals surface area contributed by atoms with E-state index in [2.05, 4.69) is 16.4 Å². The van der Waals surface area contributed by atoms with Gasteiger partial charge in [0, 0.05) is 29.6 Å². The number of amides is 3. The van der Waals surface area contributed by atoms with Gasteiger partial charge in [-0.25, -0.2) is 0 Å². The summed E-state index contributed by atoms with van der Waals surface area (Å²) in [7, 11) is 0. The number of H-pyrrole nitrogens is 1. The smallest absolute Gasteiger partial charge is 0.268 e. The number of para-hydroxylation sites is 1. The molecule has 3 aromatic rings. The third kappa shape index (κ3) is 4.22. The van der Waals surface area contributed by atoms with Gasteiger partial charge in [-0.3, -0.25) is 14.4 Å². The van der Waals surface area contributed by atoms with Crippen LogP contribution in [-0.4, -0.2) is 63.7 Å². The number of carbonyl (C=O) groups excluding carboxylic acids is 3. The molecule has 2 N–H and O–H groups in total. The van der Waals surface area contributed by atoms with Gasteiger partial charge in [0.25, 0.3) is 11.8 Å². The van der Waals surface area contributed by atoms with Gasteiger partial charge in [-0.15, -0.1) is 0 Å². The highest BCUT2D eigenvalue weighted by molar-refractivity contribution is 6.00. The molecule has 2 bridgehead atoms. The van der Waals surface area contributed by atoms with E-state index < -0.39 is 11.5 Å². The van der Waals surface area contributed by atoms with E-state index in [0.29, 0.717) is 29.9 Å². The molecule has 184 valence electrons. The molecule has 3 amide bonds. The highest BCUT2D eigenvalue weighted by Gasteiger charge is 2.49. The van der Waals surface area contributed by atoms with Crippen molar-refractivity contribution in [2.24, 2.45) is 5.41 Å². The Morgan fingerprint density at radius 2 is 1.69 bits per heavy atom. The topological polar surface area (TPSA) is 109 Å². The average Bonchev–Trinajstić information content (AvgIpc) is 3.59. The summed E-state index contributed by atoms with van der Waals surface area (Å²) in [6, 6.07) is 17.3. The van der Waals surface area contributed by atoms with Gasteiger partial charge in [-0.1, -0.05) is 39.0 Å². The van der Waals surface area contributed by atoms with Crippen LogP contribution in [0.25, 0.3) is 10.9 Å². The zero-order valence-electron chi connectivity index (χ0n) is 20.6. The van der Waals surface area contributed by atoms with Crippen molar-refractivity contribution in [3.05, 3.63) is 71.4 Å². The molecule has 1 aromatic heterocycles. The fourth-order valence-corrected chi connectivity index (χ4v) is 5.26. The lowest BCUT2D eigenvalue weighted by atomic mass is 9.85. The molecule has 2 fully saturated rings. The van der Waals surface area contributed by atoms with Crippen LogP contribution < -0.4 is 5.32 Å². The minimum absolute atomic E-state index is 0.0629. The van der Waals surface area contributed by atoms with Crippen molar-refractivity contribution in [1.82, 2.24) is 20.1 Å². The van der Waals surface area contributed by atoms with Gasteiger partial charge in [0.1, 0.15) is 11.7 Å². The van der Waals surface area contributed by atoms with E-state index in [4.69, 9.17) is 5.26 Å². The maximum absolute atomic E-state index is 13.7. The van der Waals surface area contributed by atoms with Crippen molar-refractivity contribution in [3.63, 3.8) is 0 Å². The second-order valence-corrected chi connectivity index (χ2v) is 10.7. The summed E-state index contributed by atoms with van der Waals surface area (Å²) in [5.41, 5.74) is 1.83. The molecule has 0 radical (unpaired) electrons. The normalized spacial score (nSPS) is 19.8. The van der Waals surface area contributed by atoms with Crippen LogP contribution >= 0.6 is 0 Å². The van der Waals surface area contributed by atoms with Crippen molar-refractivity contribution >= 4 is 28.6 Å². The van der Waals surface area contributed by atoms with E-state index in [0.717, 1.165) is 17.3 Å². The molecular formula is C28H29N5O3. The number of likely N-dealkylation sites (tertiary alicyclic amines) is 2. The number of aromatic nitrogens is 1. The molecule has 3 atom stereocenters. The Bertz CT molecular complexity index is 1350. The van der Waals surface area contributed by atoms with E-state index in [-0.39, 0.29) is 29.8 Å². The second kappa shape index (κ2) is 8.83. The van der Waals surface area contributed by atoms with Gasteiger partial charge in [-0.05, 0) is 48.2 Å². The van der Waals surface area contributed by atoms with Crippen molar-refractivity contribution < 1.29 is 14.4 Å². The first-order chi connectivity index (χ1) is 17.2. The Balaban J connectivity index is 1.29. The molecule has 0 saturated carbocycles. The molecule has 3 heterocycles. The molecule has 2 aliphatic rings. The molecule has 0 unspecified atom stereocenters. The number of nitriles is 1. The predicted molar refractivity (Wildman–Crippen MR) is 135 cm³/mol. The number of rotatable bonds is 4. The third-order valence-electron chi connectivity index (χ3n) is 7.21. The summed E-state index contributed by atoms with van der Waals surface area (Å²) < 4.78 is 0. The molecule has 8 nitrogen and oxygen atoms in total. The zero-order chi connectivity index (χ0) is 25.6. The fraction of sp³-hybridized carbons (Fsp3) is 0.357. The minimum atomic E-state index is -0.710. The molecule has 2 aromatic carbocycles. The number of piperazine rings is 1. The Morgan fingerprint density at radius 3 is 2.31 bits per heavy atom. The van der Waals surface area contributed by atoms with Crippen molar-refractivity contribution in [2.75, 3.05) is 13.1 Å². The number of benzene rings is 2. The van der Waals surface area contributed by atoms with Crippen molar-refractivity contribution in [1.29, 1.82) is 5.26 Å². The average molecular weight is 484 g/mol. The van der Waals surface area contributed by atoms with Crippen LogP contribution in [0.4, 0.5) is 0 Å². The monoisotopic (exact) mass is 483 g/mol. The number of carbonyl (C=O) groups is 3. The number of nitrogens with zero attached hydrogens (tertiary/aromatic N) is 3. The molecule has 8 heteroatoms. The van der Waals surface area contributed by atoms with E-state index >= 15 is 0 Å². The van der Waals surface area contributed by atoms with Crippen LogP contribution in [0, 0.1) is 16.7 Å². The molecule has 5 rings (SSSR count). The minimum Gasteiger partial charge on any atom is -0.351 e. The number of fused-ring (bicyclic) bond motifs is 3. The van der Waals surface area contributed by atoms with Gasteiger partial charge < -0.3 is 20.1 Å². The van der Waals surface area contributed by atoms with Crippen LogP contribution in [0.1, 0.15) is 53.6 Å². The first-order valence-electron chi connectivity index (χ1n) is 12.2. The summed E-state index contributed by atoms with van der Waals surface area (Å²) in [6.45, 7) is 6.73. The van der Waals surface area contributed by atoms with E-state index in [9.17, 15) is 14.4 Å². The third-order valence-corrected chi connectivity index (χ3v) is 7.21. The zero-order valence-corrected chi connectivity index (χ0v) is 20.6. The maximum atomic E-state index is 13.7. The molecule has 2 saturated heterocycles. The lowest BCUT2D eigenvalue weighted by Crippen LogP contribution is -2.59. The van der Waals surface area contributed by atoms with Crippen LogP contribution in [0.3, 0.4) is 0 Å². The summed E-state index contributed by atoms with van der Waals surface area (Å²) in [6.07, 6.45) is 0.723. The fourth-order valence-electron chi connectivity index (χ4n) is 5.26. The number of hydrogen-bond donors (Lipinski definition) is 2. The summed E-state index contributed by atoms with van der Waals surface area (Å²) in [5.74, 6) is -0.523. The predicted octanol–water partition coefficient (Wildman–Crippen LogP) is 3.31. The Morgan fingerprint density at radius 1 is 1.03 bits per heavy atom. The summed E-state index contributed by atoms with van der Waals surface area (Å²) in [5, 5.41) is 12.9. The Kier molecular flexibility index (Phi) is 5.79. The van der Waals surface area contributed by atoms with Crippen LogP contribution in [-0.2, 0) is 4.79 Å². The van der Waals surface area contributed by atoms with Gasteiger partial charge in [0.2, 0.25) is 5.91 Å². The lowest BCUT2D eigenvalue weighted by Gasteiger charge is -2.39. The van der Waals surface area contributed by atoms with Gasteiger partial charge in [-0.2, -0.15) is 5.26 Å². The standard InChI is InChI=1S/C28H29N5O3/c1-28(2,3)24(31-25(34)23-12-19-6-4-5-7-22(19)30-23)27(36)33-16-20-13-21(33)15-32(20)26(35)18-10-8-17(14-29)9-11-18/h4-12,20-21,24,30H,13,15-16H2,1-3H3,(H,31,34)/t20-,21-,24+/m0/s1. The van der Waals surface area contributed by atoms with Gasteiger partial charge >= 0.3 is 0 Å². The molecular weight excluding hydrogens is 454 g/mol. The SMILES string of the molecule is CC(C)(C)[C@H](NC(=O)c1cc2ccccc2[nH]1)C(=O)N1C[C@@H]2C[C@H]1CN2C(=O)c1ccc(C#N)cc1. The first-order valence-corrected chi connectivity index (χ1v) is 12.2. The first kappa shape index (κ1) is 23.6. The Labute approximate surface area is 209 Å². The van der Waals surface area contributed by atoms with Crippen molar-refractivity contribution in [2.45, 2.75) is 45.3 Å². The van der Waals surface area contributed by atoms with E-state index in [1.54, 1.807) is 30.3 Å². The number of nitrogens with one attached hydrogen (secondary N) is 2. The molecule has 0 aliphatic carbocycles. The quantitative estimate of drug-likeness (QED) is 0.593. The lowest BCUT2D eigenvalue weighted by molar-refractivity contribution is -0.138. The summed E-state index contributed by atoms with van der Waals surface area (Å²) in [4.78, 5) is 46.7. The van der Waals surface area contributed by atoms with Crippen LogP contribution in [0.2, 0.25) is 0 Å². The van der Waals surface area contributed by atoms with Crippen LogP contribution in [0.5, 0.6) is 0 Å². The molecule has 0 spiro atoms.